The van der Waals surface area contributed by atoms with E-state index in [4.69, 9.17) is 4.74 Å². The number of nitro groups is 1. The Balaban J connectivity index is 1.83. The number of carbonyl (C=O) groups excluding carboxylic acids is 1. The molecule has 0 spiro atoms. The lowest BCUT2D eigenvalue weighted by Gasteiger charge is -2.38. The van der Waals surface area contributed by atoms with Gasteiger partial charge in [-0.15, -0.1) is 0 Å². The van der Waals surface area contributed by atoms with Crippen molar-refractivity contribution in [2.45, 2.75) is 17.9 Å². The van der Waals surface area contributed by atoms with Crippen molar-refractivity contribution in [2.75, 3.05) is 0 Å². The molecule has 0 aromatic heterocycles. The van der Waals surface area contributed by atoms with Gasteiger partial charge in [0, 0.05) is 31.7 Å². The van der Waals surface area contributed by atoms with Crippen LogP contribution in [0.2, 0.25) is 0 Å². The van der Waals surface area contributed by atoms with E-state index in [2.05, 4.69) is 15.9 Å². The van der Waals surface area contributed by atoms with Crippen molar-refractivity contribution < 1.29 is 14.5 Å². The molecular formula is C26H18BrNO4. The molecule has 158 valence electrons. The van der Waals surface area contributed by atoms with Crippen LogP contribution in [0.4, 0.5) is 0 Å². The van der Waals surface area contributed by atoms with Crippen LogP contribution in [0, 0.1) is 10.1 Å². The van der Waals surface area contributed by atoms with Gasteiger partial charge >= 0.3 is 0 Å². The highest BCUT2D eigenvalue weighted by Crippen LogP contribution is 2.53. The smallest absolute Gasteiger partial charge is 0.235 e. The van der Waals surface area contributed by atoms with Gasteiger partial charge in [0.15, 0.2) is 0 Å². The summed E-state index contributed by atoms with van der Waals surface area (Å²) >= 11 is 3.53. The standard InChI is InChI=1S/C26H18BrNO4/c27-21-12-6-4-10-18(21)23-17(15-29)14-20-24(25(23)28(30)31)19-11-5-7-13-22(19)32-26(20)16-8-2-1-3-9-16/h1-15,23-25H/t23-,24-,25+/m1/s1. The van der Waals surface area contributed by atoms with E-state index in [9.17, 15) is 14.9 Å². The predicted molar refractivity (Wildman–Crippen MR) is 125 cm³/mol. The Bertz CT molecular complexity index is 1280. The summed E-state index contributed by atoms with van der Waals surface area (Å²) in [5.41, 5.74) is 3.30. The molecule has 5 nitrogen and oxygen atoms in total. The second kappa shape index (κ2) is 8.20. The lowest BCUT2D eigenvalue weighted by Crippen LogP contribution is -2.40. The van der Waals surface area contributed by atoms with Crippen LogP contribution in [0.15, 0.2) is 101 Å². The van der Waals surface area contributed by atoms with Gasteiger partial charge < -0.3 is 4.74 Å². The van der Waals surface area contributed by atoms with E-state index in [-0.39, 0.29) is 4.92 Å². The van der Waals surface area contributed by atoms with Gasteiger partial charge in [-0.3, -0.25) is 14.9 Å². The van der Waals surface area contributed by atoms with Crippen LogP contribution in [-0.2, 0) is 4.79 Å². The summed E-state index contributed by atoms with van der Waals surface area (Å²) in [6.45, 7) is 0. The fourth-order valence-electron chi connectivity index (χ4n) is 4.75. The highest BCUT2D eigenvalue weighted by Gasteiger charge is 2.51. The van der Waals surface area contributed by atoms with Crippen molar-refractivity contribution in [2.24, 2.45) is 0 Å². The summed E-state index contributed by atoms with van der Waals surface area (Å²) in [5, 5.41) is 12.6. The first-order valence-corrected chi connectivity index (χ1v) is 11.0. The molecule has 0 fully saturated rings. The molecular weight excluding hydrogens is 470 g/mol. The fourth-order valence-corrected chi connectivity index (χ4v) is 5.28. The van der Waals surface area contributed by atoms with Crippen LogP contribution in [0.5, 0.6) is 5.75 Å². The third kappa shape index (κ3) is 3.28. The van der Waals surface area contributed by atoms with E-state index < -0.39 is 17.9 Å². The summed E-state index contributed by atoms with van der Waals surface area (Å²) in [5.74, 6) is -0.118. The topological polar surface area (TPSA) is 69.4 Å². The first kappa shape index (κ1) is 20.4. The van der Waals surface area contributed by atoms with Gasteiger partial charge in [-0.05, 0) is 23.8 Å². The first-order chi connectivity index (χ1) is 15.6. The van der Waals surface area contributed by atoms with Crippen LogP contribution in [-0.4, -0.2) is 17.3 Å². The van der Waals surface area contributed by atoms with Gasteiger partial charge in [0.1, 0.15) is 17.8 Å². The number of allylic oxidation sites excluding steroid dienone is 1. The molecule has 1 aliphatic carbocycles. The maximum absolute atomic E-state index is 12.6. The van der Waals surface area contributed by atoms with E-state index in [1.54, 1.807) is 6.08 Å². The minimum atomic E-state index is -1.07. The van der Waals surface area contributed by atoms with Gasteiger partial charge in [-0.1, -0.05) is 82.7 Å². The molecule has 0 saturated carbocycles. The van der Waals surface area contributed by atoms with Crippen LogP contribution in [0.3, 0.4) is 0 Å². The number of fused-ring (bicyclic) bond motifs is 3. The molecule has 5 rings (SSSR count). The van der Waals surface area contributed by atoms with Gasteiger partial charge in [0.05, 0.1) is 11.8 Å². The summed E-state index contributed by atoms with van der Waals surface area (Å²) in [7, 11) is 0. The van der Waals surface area contributed by atoms with Gasteiger partial charge in [0.2, 0.25) is 6.04 Å². The number of hydrogen-bond donors (Lipinski definition) is 0. The molecule has 0 N–H and O–H groups in total. The Morgan fingerprint density at radius 2 is 1.53 bits per heavy atom. The summed E-state index contributed by atoms with van der Waals surface area (Å²) in [4.78, 5) is 24.6. The molecule has 6 heteroatoms. The van der Waals surface area contributed by atoms with E-state index in [0.29, 0.717) is 22.7 Å². The Morgan fingerprint density at radius 1 is 0.875 bits per heavy atom. The molecule has 32 heavy (non-hydrogen) atoms. The van der Waals surface area contributed by atoms with E-state index in [1.807, 2.05) is 78.9 Å². The largest absolute Gasteiger partial charge is 0.456 e. The molecule has 0 unspecified atom stereocenters. The predicted octanol–water partition coefficient (Wildman–Crippen LogP) is 5.90. The van der Waals surface area contributed by atoms with E-state index >= 15 is 0 Å². The number of hydrogen-bond acceptors (Lipinski definition) is 4. The zero-order chi connectivity index (χ0) is 22.2. The Morgan fingerprint density at radius 3 is 2.22 bits per heavy atom. The molecule has 0 radical (unpaired) electrons. The molecule has 3 aromatic rings. The number of carbonyl (C=O) groups is 1. The number of para-hydroxylation sites is 1. The molecule has 0 saturated heterocycles. The minimum absolute atomic E-state index is 0.254. The quantitative estimate of drug-likeness (QED) is 0.260. The molecule has 1 aliphatic heterocycles. The van der Waals surface area contributed by atoms with Crippen molar-refractivity contribution in [1.82, 2.24) is 0 Å². The van der Waals surface area contributed by atoms with E-state index in [0.717, 1.165) is 27.4 Å². The van der Waals surface area contributed by atoms with Crippen LogP contribution in [0.1, 0.15) is 28.5 Å². The number of ether oxygens (including phenoxy) is 1. The summed E-state index contributed by atoms with van der Waals surface area (Å²) < 4.78 is 7.00. The number of nitrogens with zero attached hydrogens (tertiary/aromatic N) is 1. The molecule has 2 aliphatic rings. The maximum atomic E-state index is 12.6. The average molecular weight is 488 g/mol. The summed E-state index contributed by atoms with van der Waals surface area (Å²) in [6, 6.07) is 23.2. The number of rotatable bonds is 4. The first-order valence-electron chi connectivity index (χ1n) is 10.2. The monoisotopic (exact) mass is 487 g/mol. The van der Waals surface area contributed by atoms with E-state index in [1.165, 1.54) is 0 Å². The van der Waals surface area contributed by atoms with Gasteiger partial charge in [-0.2, -0.15) is 0 Å². The van der Waals surface area contributed by atoms with Crippen molar-refractivity contribution in [3.8, 4) is 5.75 Å². The Hall–Kier alpha value is -3.51. The van der Waals surface area contributed by atoms with Crippen molar-refractivity contribution in [1.29, 1.82) is 0 Å². The third-order valence-electron chi connectivity index (χ3n) is 6.08. The molecule has 1 heterocycles. The lowest BCUT2D eigenvalue weighted by molar-refractivity contribution is -0.528. The van der Waals surface area contributed by atoms with Crippen LogP contribution >= 0.6 is 15.9 Å². The molecule has 3 aromatic carbocycles. The van der Waals surface area contributed by atoms with Gasteiger partial charge in [-0.25, -0.2) is 0 Å². The SMILES string of the molecule is O=CC1=CC2=C(c3ccccc3)Oc3ccccc3[C@H]2[C@@H]([N+](=O)[O-])[C@H]1c1ccccc1Br. The zero-order valence-electron chi connectivity index (χ0n) is 16.9. The number of aldehydes is 1. The third-order valence-corrected chi connectivity index (χ3v) is 6.81. The van der Waals surface area contributed by atoms with Crippen molar-refractivity contribution in [3.05, 3.63) is 127 Å². The highest BCUT2D eigenvalue weighted by atomic mass is 79.9. The van der Waals surface area contributed by atoms with Crippen molar-refractivity contribution in [3.63, 3.8) is 0 Å². The number of benzene rings is 3. The molecule has 3 atom stereocenters. The van der Waals surface area contributed by atoms with Crippen molar-refractivity contribution >= 4 is 28.0 Å². The Labute approximate surface area is 193 Å². The highest BCUT2D eigenvalue weighted by molar-refractivity contribution is 9.10. The normalized spacial score (nSPS) is 21.7. The molecule has 0 amide bonds. The van der Waals surface area contributed by atoms with Crippen LogP contribution in [0.25, 0.3) is 5.76 Å². The average Bonchev–Trinajstić information content (AvgIpc) is 2.83. The second-order valence-electron chi connectivity index (χ2n) is 7.81. The Kier molecular flexibility index (Phi) is 5.23. The maximum Gasteiger partial charge on any atom is 0.235 e. The zero-order valence-corrected chi connectivity index (χ0v) is 18.4. The summed E-state index contributed by atoms with van der Waals surface area (Å²) in [6.07, 6.45) is 2.51. The fraction of sp³-hybridized carbons (Fsp3) is 0.115. The molecule has 0 bridgehead atoms. The van der Waals surface area contributed by atoms with Crippen LogP contribution < -0.4 is 4.74 Å². The number of halogens is 1. The second-order valence-corrected chi connectivity index (χ2v) is 8.66. The minimum Gasteiger partial charge on any atom is -0.456 e. The lowest BCUT2D eigenvalue weighted by atomic mass is 9.68. The van der Waals surface area contributed by atoms with Gasteiger partial charge in [0.25, 0.3) is 0 Å².